The largest absolute Gasteiger partial charge is 0.480 e. The number of fused-ring (bicyclic) bond motifs is 1. The molecule has 5 heteroatoms. The van der Waals surface area contributed by atoms with Crippen LogP contribution < -0.4 is 5.32 Å². The van der Waals surface area contributed by atoms with Crippen molar-refractivity contribution in [2.75, 3.05) is 6.54 Å². The number of hydrogen-bond donors (Lipinski definition) is 2. The Labute approximate surface area is 120 Å². The number of aliphatic carboxylic acids is 1. The summed E-state index contributed by atoms with van der Waals surface area (Å²) in [5.41, 5.74) is 0. The Morgan fingerprint density at radius 3 is 2.75 bits per heavy atom. The van der Waals surface area contributed by atoms with E-state index in [1.165, 1.54) is 19.3 Å². The van der Waals surface area contributed by atoms with Gasteiger partial charge in [-0.25, -0.2) is 9.59 Å². The molecule has 1 aliphatic heterocycles. The first-order valence-corrected chi connectivity index (χ1v) is 7.93. The van der Waals surface area contributed by atoms with Crippen LogP contribution in [0.15, 0.2) is 0 Å². The molecule has 0 bridgehead atoms. The molecule has 0 aromatic carbocycles. The predicted molar refractivity (Wildman–Crippen MR) is 76.5 cm³/mol. The number of carboxylic acid groups (broad SMARTS) is 1. The zero-order chi connectivity index (χ0) is 14.5. The summed E-state index contributed by atoms with van der Waals surface area (Å²) in [6.45, 7) is 2.80. The zero-order valence-electron chi connectivity index (χ0n) is 12.3. The van der Waals surface area contributed by atoms with Gasteiger partial charge >= 0.3 is 12.0 Å². The maximum absolute atomic E-state index is 12.3. The molecule has 0 aromatic rings. The Kier molecular flexibility index (Phi) is 5.26. The molecule has 1 aliphatic carbocycles. The molecule has 2 rings (SSSR count). The van der Waals surface area contributed by atoms with Gasteiger partial charge in [-0.15, -0.1) is 0 Å². The van der Waals surface area contributed by atoms with Gasteiger partial charge in [0.1, 0.15) is 6.04 Å². The third-order valence-electron chi connectivity index (χ3n) is 4.71. The molecule has 3 atom stereocenters. The number of amides is 2. The minimum absolute atomic E-state index is 0.178. The second-order valence-corrected chi connectivity index (χ2v) is 6.08. The Morgan fingerprint density at radius 2 is 2.05 bits per heavy atom. The van der Waals surface area contributed by atoms with Gasteiger partial charge in [-0.2, -0.15) is 0 Å². The summed E-state index contributed by atoms with van der Waals surface area (Å²) >= 11 is 0. The van der Waals surface area contributed by atoms with E-state index in [0.717, 1.165) is 32.2 Å². The van der Waals surface area contributed by atoms with Crippen LogP contribution in [0, 0.1) is 5.92 Å². The Hall–Kier alpha value is -1.26. The lowest BCUT2D eigenvalue weighted by atomic mass is 9.85. The lowest BCUT2D eigenvalue weighted by molar-refractivity contribution is -0.139. The molecule has 2 fully saturated rings. The lowest BCUT2D eigenvalue weighted by Crippen LogP contribution is -2.50. The van der Waals surface area contributed by atoms with Gasteiger partial charge in [0, 0.05) is 12.6 Å². The van der Waals surface area contributed by atoms with Crippen LogP contribution in [-0.4, -0.2) is 40.6 Å². The van der Waals surface area contributed by atoms with Crippen molar-refractivity contribution in [3.05, 3.63) is 0 Å². The first kappa shape index (κ1) is 15.1. The fourth-order valence-electron chi connectivity index (χ4n) is 3.56. The predicted octanol–water partition coefficient (Wildman–Crippen LogP) is 2.60. The molecule has 1 heterocycles. The SMILES string of the molecule is CCCCC(NC(=O)N1CCC2CCCCC21)C(=O)O. The van der Waals surface area contributed by atoms with Crippen molar-refractivity contribution < 1.29 is 14.7 Å². The van der Waals surface area contributed by atoms with Crippen LogP contribution in [0.5, 0.6) is 0 Å². The lowest BCUT2D eigenvalue weighted by Gasteiger charge is -2.32. The Morgan fingerprint density at radius 1 is 1.30 bits per heavy atom. The summed E-state index contributed by atoms with van der Waals surface area (Å²) in [5, 5.41) is 11.9. The number of rotatable bonds is 5. The molecule has 5 nitrogen and oxygen atoms in total. The first-order valence-electron chi connectivity index (χ1n) is 7.93. The van der Waals surface area contributed by atoms with Crippen LogP contribution in [0.4, 0.5) is 4.79 Å². The van der Waals surface area contributed by atoms with E-state index in [-0.39, 0.29) is 6.03 Å². The molecular formula is C15H26N2O3. The van der Waals surface area contributed by atoms with Crippen LogP contribution >= 0.6 is 0 Å². The number of carbonyl (C=O) groups excluding carboxylic acids is 1. The summed E-state index contributed by atoms with van der Waals surface area (Å²) in [4.78, 5) is 25.4. The number of likely N-dealkylation sites (tertiary alicyclic amines) is 1. The van der Waals surface area contributed by atoms with E-state index in [0.29, 0.717) is 18.4 Å². The first-order chi connectivity index (χ1) is 9.63. The van der Waals surface area contributed by atoms with Gasteiger partial charge in [-0.1, -0.05) is 32.6 Å². The van der Waals surface area contributed by atoms with E-state index in [4.69, 9.17) is 0 Å². The Balaban J connectivity index is 1.91. The maximum Gasteiger partial charge on any atom is 0.326 e. The van der Waals surface area contributed by atoms with E-state index >= 15 is 0 Å². The van der Waals surface area contributed by atoms with Gasteiger partial charge < -0.3 is 15.3 Å². The van der Waals surface area contributed by atoms with Gasteiger partial charge in [0.2, 0.25) is 0 Å². The average molecular weight is 282 g/mol. The highest BCUT2D eigenvalue weighted by Gasteiger charge is 2.38. The minimum Gasteiger partial charge on any atom is -0.480 e. The quantitative estimate of drug-likeness (QED) is 0.814. The summed E-state index contributed by atoms with van der Waals surface area (Å²) < 4.78 is 0. The third kappa shape index (κ3) is 3.44. The van der Waals surface area contributed by atoms with Gasteiger partial charge in [0.05, 0.1) is 0 Å². The van der Waals surface area contributed by atoms with Crippen molar-refractivity contribution in [3.8, 4) is 0 Å². The number of unbranched alkanes of at least 4 members (excludes halogenated alkanes) is 1. The summed E-state index contributed by atoms with van der Waals surface area (Å²) in [7, 11) is 0. The van der Waals surface area contributed by atoms with E-state index < -0.39 is 12.0 Å². The van der Waals surface area contributed by atoms with Gasteiger partial charge in [0.25, 0.3) is 0 Å². The van der Waals surface area contributed by atoms with Crippen LogP contribution in [0.1, 0.15) is 58.3 Å². The Bertz CT molecular complexity index is 359. The normalized spacial score (nSPS) is 26.9. The third-order valence-corrected chi connectivity index (χ3v) is 4.71. The summed E-state index contributed by atoms with van der Waals surface area (Å²) in [5.74, 6) is -0.292. The molecule has 1 saturated heterocycles. The molecule has 2 amide bonds. The van der Waals surface area contributed by atoms with Crippen LogP contribution in [0.2, 0.25) is 0 Å². The highest BCUT2D eigenvalue weighted by atomic mass is 16.4. The summed E-state index contributed by atoms with van der Waals surface area (Å²) in [6, 6.07) is -0.586. The average Bonchev–Trinajstić information content (AvgIpc) is 2.87. The zero-order valence-corrected chi connectivity index (χ0v) is 12.3. The van der Waals surface area contributed by atoms with Crippen LogP contribution in [0.3, 0.4) is 0 Å². The summed E-state index contributed by atoms with van der Waals surface area (Å²) in [6.07, 6.45) is 8.09. The standard InChI is InChI=1S/C15H26N2O3/c1-2-3-7-12(14(18)19)16-15(20)17-10-9-11-6-4-5-8-13(11)17/h11-13H,2-10H2,1H3,(H,16,20)(H,18,19). The smallest absolute Gasteiger partial charge is 0.326 e. The van der Waals surface area contributed by atoms with Gasteiger partial charge in [-0.05, 0) is 31.6 Å². The number of carbonyl (C=O) groups is 2. The van der Waals surface area contributed by atoms with Crippen molar-refractivity contribution in [2.45, 2.75) is 70.4 Å². The number of nitrogens with one attached hydrogen (secondary N) is 1. The van der Waals surface area contributed by atoms with Crippen molar-refractivity contribution in [3.63, 3.8) is 0 Å². The van der Waals surface area contributed by atoms with Gasteiger partial charge in [0.15, 0.2) is 0 Å². The number of urea groups is 1. The molecule has 2 aliphatic rings. The van der Waals surface area contributed by atoms with Gasteiger partial charge in [-0.3, -0.25) is 0 Å². The minimum atomic E-state index is -0.925. The number of carboxylic acids is 1. The molecule has 0 aromatic heterocycles. The molecule has 0 radical (unpaired) electrons. The van der Waals surface area contributed by atoms with E-state index in [1.54, 1.807) is 0 Å². The highest BCUT2D eigenvalue weighted by molar-refractivity contribution is 5.82. The maximum atomic E-state index is 12.3. The molecule has 1 saturated carbocycles. The van der Waals surface area contributed by atoms with E-state index in [9.17, 15) is 14.7 Å². The van der Waals surface area contributed by atoms with E-state index in [2.05, 4.69) is 5.32 Å². The molecule has 0 spiro atoms. The molecule has 114 valence electrons. The fraction of sp³-hybridized carbons (Fsp3) is 0.867. The highest BCUT2D eigenvalue weighted by Crippen LogP contribution is 2.36. The van der Waals surface area contributed by atoms with E-state index in [1.807, 2.05) is 11.8 Å². The van der Waals surface area contributed by atoms with Crippen LogP contribution in [-0.2, 0) is 4.79 Å². The van der Waals surface area contributed by atoms with Crippen LogP contribution in [0.25, 0.3) is 0 Å². The van der Waals surface area contributed by atoms with Crippen molar-refractivity contribution in [1.29, 1.82) is 0 Å². The second kappa shape index (κ2) is 6.95. The second-order valence-electron chi connectivity index (χ2n) is 6.08. The number of nitrogens with zero attached hydrogens (tertiary/aromatic N) is 1. The number of hydrogen-bond acceptors (Lipinski definition) is 2. The molecular weight excluding hydrogens is 256 g/mol. The van der Waals surface area contributed by atoms with Crippen molar-refractivity contribution >= 4 is 12.0 Å². The van der Waals surface area contributed by atoms with Crippen molar-refractivity contribution in [1.82, 2.24) is 10.2 Å². The molecule has 20 heavy (non-hydrogen) atoms. The molecule has 2 N–H and O–H groups in total. The fourth-order valence-corrected chi connectivity index (χ4v) is 3.56. The van der Waals surface area contributed by atoms with Crippen molar-refractivity contribution in [2.24, 2.45) is 5.92 Å². The monoisotopic (exact) mass is 282 g/mol. The topological polar surface area (TPSA) is 69.6 Å². The molecule has 3 unspecified atom stereocenters.